The molecule has 38 heavy (non-hydrogen) atoms. The third-order valence-electron chi connectivity index (χ3n) is 6.58. The van der Waals surface area contributed by atoms with Crippen LogP contribution in [-0.2, 0) is 13.0 Å². The van der Waals surface area contributed by atoms with Gasteiger partial charge in [-0.25, -0.2) is 9.78 Å². The molecule has 6 nitrogen and oxygen atoms in total. The average Bonchev–Trinajstić information content (AvgIpc) is 3.40. The van der Waals surface area contributed by atoms with Crippen molar-refractivity contribution in [2.75, 3.05) is 0 Å². The van der Waals surface area contributed by atoms with Gasteiger partial charge in [0.05, 0.1) is 34.1 Å². The van der Waals surface area contributed by atoms with Gasteiger partial charge in [-0.15, -0.1) is 11.3 Å². The SMILES string of the molecule is CCc1ccc(OCc2ccc(-c3cnccn3)cc2)c2c(C(=O)O)cc(-c3csc4ccccc34)nc12. The van der Waals surface area contributed by atoms with Gasteiger partial charge in [-0.3, -0.25) is 9.97 Å². The van der Waals surface area contributed by atoms with Crippen LogP contribution in [0.3, 0.4) is 0 Å². The summed E-state index contributed by atoms with van der Waals surface area (Å²) in [7, 11) is 0. The minimum atomic E-state index is -1.01. The number of thiophene rings is 1. The summed E-state index contributed by atoms with van der Waals surface area (Å²) in [6.45, 7) is 2.33. The van der Waals surface area contributed by atoms with Crippen molar-refractivity contribution in [3.63, 3.8) is 0 Å². The highest BCUT2D eigenvalue weighted by molar-refractivity contribution is 7.17. The van der Waals surface area contributed by atoms with E-state index in [0.717, 1.165) is 44.5 Å². The topological polar surface area (TPSA) is 85.2 Å². The van der Waals surface area contributed by atoms with E-state index in [4.69, 9.17) is 9.72 Å². The van der Waals surface area contributed by atoms with Crippen LogP contribution in [0.15, 0.2) is 90.7 Å². The lowest BCUT2D eigenvalue weighted by atomic mass is 9.99. The summed E-state index contributed by atoms with van der Waals surface area (Å²) >= 11 is 1.63. The molecule has 6 aromatic rings. The van der Waals surface area contributed by atoms with Gasteiger partial charge < -0.3 is 9.84 Å². The van der Waals surface area contributed by atoms with E-state index in [2.05, 4.69) is 16.0 Å². The van der Waals surface area contributed by atoms with Gasteiger partial charge in [-0.1, -0.05) is 55.5 Å². The summed E-state index contributed by atoms with van der Waals surface area (Å²) in [5, 5.41) is 13.9. The number of fused-ring (bicyclic) bond motifs is 2. The quantitative estimate of drug-likeness (QED) is 0.237. The first kappa shape index (κ1) is 23.8. The molecule has 0 amide bonds. The Morgan fingerprint density at radius 1 is 1.00 bits per heavy atom. The number of aryl methyl sites for hydroxylation is 1. The number of pyridine rings is 1. The van der Waals surface area contributed by atoms with Crippen molar-refractivity contribution < 1.29 is 14.6 Å². The van der Waals surface area contributed by atoms with Gasteiger partial charge >= 0.3 is 5.97 Å². The van der Waals surface area contributed by atoms with Crippen LogP contribution in [0.1, 0.15) is 28.4 Å². The highest BCUT2D eigenvalue weighted by Crippen LogP contribution is 2.38. The van der Waals surface area contributed by atoms with Gasteiger partial charge in [-0.2, -0.15) is 0 Å². The van der Waals surface area contributed by atoms with Crippen LogP contribution in [0.25, 0.3) is 43.5 Å². The van der Waals surface area contributed by atoms with E-state index < -0.39 is 5.97 Å². The number of benzene rings is 3. The first-order chi connectivity index (χ1) is 18.6. The number of hydrogen-bond donors (Lipinski definition) is 1. The van der Waals surface area contributed by atoms with Crippen LogP contribution in [-0.4, -0.2) is 26.0 Å². The van der Waals surface area contributed by atoms with Gasteiger partial charge in [0.25, 0.3) is 0 Å². The van der Waals surface area contributed by atoms with Gasteiger partial charge in [0, 0.05) is 39.0 Å². The van der Waals surface area contributed by atoms with Crippen LogP contribution in [0.4, 0.5) is 0 Å². The van der Waals surface area contributed by atoms with Gasteiger partial charge in [0.1, 0.15) is 12.4 Å². The zero-order chi connectivity index (χ0) is 26.1. The Hall–Kier alpha value is -4.62. The molecule has 0 radical (unpaired) electrons. The second-order valence-electron chi connectivity index (χ2n) is 8.88. The molecule has 0 aliphatic rings. The summed E-state index contributed by atoms with van der Waals surface area (Å²) in [6, 6.07) is 21.5. The van der Waals surface area contributed by atoms with Crippen molar-refractivity contribution in [3.8, 4) is 28.3 Å². The van der Waals surface area contributed by atoms with Gasteiger partial charge in [0.15, 0.2) is 0 Å². The van der Waals surface area contributed by atoms with Crippen LogP contribution in [0, 0.1) is 0 Å². The smallest absolute Gasteiger partial charge is 0.336 e. The predicted octanol–water partition coefficient (Wildman–Crippen LogP) is 7.41. The van der Waals surface area contributed by atoms with E-state index in [9.17, 15) is 9.90 Å². The number of ether oxygens (including phenoxy) is 1. The molecular weight excluding hydrogens is 494 g/mol. The number of carboxylic acids is 1. The van der Waals surface area contributed by atoms with Crippen molar-refractivity contribution in [3.05, 3.63) is 107 Å². The molecule has 7 heteroatoms. The van der Waals surface area contributed by atoms with Crippen LogP contribution in [0.5, 0.6) is 5.75 Å². The molecule has 0 unspecified atom stereocenters. The molecule has 0 atom stereocenters. The van der Waals surface area contributed by atoms with Crippen LogP contribution >= 0.6 is 11.3 Å². The van der Waals surface area contributed by atoms with Crippen LogP contribution in [0.2, 0.25) is 0 Å². The van der Waals surface area contributed by atoms with Crippen LogP contribution < -0.4 is 4.74 Å². The Morgan fingerprint density at radius 2 is 1.84 bits per heavy atom. The van der Waals surface area contributed by atoms with Crippen molar-refractivity contribution >= 4 is 38.3 Å². The maximum absolute atomic E-state index is 12.5. The number of carbonyl (C=O) groups is 1. The number of hydrogen-bond acceptors (Lipinski definition) is 6. The third kappa shape index (κ3) is 4.37. The first-order valence-corrected chi connectivity index (χ1v) is 13.1. The zero-order valence-electron chi connectivity index (χ0n) is 20.6. The minimum Gasteiger partial charge on any atom is -0.488 e. The Labute approximate surface area is 223 Å². The summed E-state index contributed by atoms with van der Waals surface area (Å²) in [5.41, 5.74) is 6.13. The van der Waals surface area contributed by atoms with E-state index in [0.29, 0.717) is 22.3 Å². The lowest BCUT2D eigenvalue weighted by Crippen LogP contribution is -2.05. The summed E-state index contributed by atoms with van der Waals surface area (Å²) < 4.78 is 7.35. The summed E-state index contributed by atoms with van der Waals surface area (Å²) in [6.07, 6.45) is 5.75. The Bertz CT molecular complexity index is 1780. The molecular formula is C31H23N3O3S. The Kier molecular flexibility index (Phi) is 6.27. The highest BCUT2D eigenvalue weighted by Gasteiger charge is 2.20. The van der Waals surface area contributed by atoms with Crippen molar-refractivity contribution in [1.29, 1.82) is 0 Å². The largest absolute Gasteiger partial charge is 0.488 e. The molecule has 0 saturated carbocycles. The van der Waals surface area contributed by atoms with Crippen molar-refractivity contribution in [2.45, 2.75) is 20.0 Å². The minimum absolute atomic E-state index is 0.184. The fourth-order valence-electron chi connectivity index (χ4n) is 4.63. The number of aromatic carboxylic acids is 1. The first-order valence-electron chi connectivity index (χ1n) is 12.3. The van der Waals surface area contributed by atoms with Crippen molar-refractivity contribution in [1.82, 2.24) is 15.0 Å². The second-order valence-corrected chi connectivity index (χ2v) is 9.79. The van der Waals surface area contributed by atoms with E-state index in [-0.39, 0.29) is 12.2 Å². The summed E-state index contributed by atoms with van der Waals surface area (Å²) in [5.74, 6) is -0.508. The molecule has 0 aliphatic heterocycles. The molecule has 0 bridgehead atoms. The number of rotatable bonds is 7. The number of aromatic nitrogens is 3. The molecule has 3 aromatic heterocycles. The maximum Gasteiger partial charge on any atom is 0.336 e. The molecule has 0 spiro atoms. The molecule has 1 N–H and O–H groups in total. The average molecular weight is 518 g/mol. The predicted molar refractivity (Wildman–Crippen MR) is 151 cm³/mol. The Morgan fingerprint density at radius 3 is 2.61 bits per heavy atom. The molecule has 0 fully saturated rings. The monoisotopic (exact) mass is 517 g/mol. The highest BCUT2D eigenvalue weighted by atomic mass is 32.1. The molecule has 3 aromatic carbocycles. The molecule has 0 saturated heterocycles. The molecule has 3 heterocycles. The van der Waals surface area contributed by atoms with E-state index in [1.165, 1.54) is 0 Å². The molecule has 6 rings (SSSR count). The lowest BCUT2D eigenvalue weighted by Gasteiger charge is -2.15. The standard InChI is InChI=1S/C31H23N3O3S/c1-2-20-11-12-27(37-17-19-7-9-21(10-8-19)26-16-32-13-14-33-26)29-23(31(35)36)15-25(34-30(20)29)24-18-38-28-6-4-3-5-22(24)28/h3-16,18H,2,17H2,1H3,(H,35,36). The van der Waals surface area contributed by atoms with E-state index >= 15 is 0 Å². The molecule has 0 aliphatic carbocycles. The number of nitrogens with zero attached hydrogens (tertiary/aromatic N) is 3. The van der Waals surface area contributed by atoms with Gasteiger partial charge in [0.2, 0.25) is 0 Å². The van der Waals surface area contributed by atoms with Crippen molar-refractivity contribution in [2.24, 2.45) is 0 Å². The fourth-order valence-corrected chi connectivity index (χ4v) is 5.59. The van der Waals surface area contributed by atoms with E-state index in [1.807, 2.05) is 66.9 Å². The Balaban J connectivity index is 1.39. The summed E-state index contributed by atoms with van der Waals surface area (Å²) in [4.78, 5) is 26.0. The maximum atomic E-state index is 12.5. The number of carboxylic acid groups (broad SMARTS) is 1. The third-order valence-corrected chi connectivity index (χ3v) is 7.54. The zero-order valence-corrected chi connectivity index (χ0v) is 21.4. The van der Waals surface area contributed by atoms with E-state index in [1.54, 1.807) is 36.0 Å². The molecule has 186 valence electrons. The normalized spacial score (nSPS) is 11.2. The lowest BCUT2D eigenvalue weighted by molar-refractivity contribution is 0.0698. The fraction of sp³-hybridized carbons (Fsp3) is 0.0968. The van der Waals surface area contributed by atoms with Gasteiger partial charge in [-0.05, 0) is 35.7 Å². The second kappa shape index (κ2) is 10.0.